The van der Waals surface area contributed by atoms with Crippen molar-refractivity contribution in [2.75, 3.05) is 79.8 Å². The van der Waals surface area contributed by atoms with Gasteiger partial charge in [-0.2, -0.15) is 0 Å². The number of halogens is 1. The van der Waals surface area contributed by atoms with E-state index in [1.807, 2.05) is 7.05 Å². The summed E-state index contributed by atoms with van der Waals surface area (Å²) in [5.41, 5.74) is 0. The molecule has 136 valence electrons. The van der Waals surface area contributed by atoms with Crippen molar-refractivity contribution in [3.05, 3.63) is 0 Å². The van der Waals surface area contributed by atoms with E-state index < -0.39 is 0 Å². The van der Waals surface area contributed by atoms with Crippen molar-refractivity contribution >= 4 is 29.9 Å². The number of fused-ring (bicyclic) bond motifs is 3. The Bertz CT molecular complexity index is 338. The minimum Gasteiger partial charge on any atom is -0.382 e. The maximum atomic E-state index is 5.44. The largest absolute Gasteiger partial charge is 0.382 e. The zero-order valence-corrected chi connectivity index (χ0v) is 16.8. The first-order chi connectivity index (χ1) is 10.8. The Labute approximate surface area is 157 Å². The highest BCUT2D eigenvalue weighted by molar-refractivity contribution is 14.0. The predicted molar refractivity (Wildman–Crippen MR) is 104 cm³/mol. The molecule has 3 aliphatic heterocycles. The van der Waals surface area contributed by atoms with Gasteiger partial charge in [0.15, 0.2) is 5.96 Å². The molecule has 3 fully saturated rings. The maximum Gasteiger partial charge on any atom is 0.191 e. The molecule has 0 amide bonds. The number of methoxy groups -OCH3 is 1. The second-order valence-corrected chi connectivity index (χ2v) is 5.83. The lowest BCUT2D eigenvalue weighted by molar-refractivity contribution is 0.0154. The van der Waals surface area contributed by atoms with Gasteiger partial charge in [-0.25, -0.2) is 0 Å². The molecule has 0 aliphatic carbocycles. The van der Waals surface area contributed by atoms with Crippen molar-refractivity contribution < 1.29 is 9.47 Å². The van der Waals surface area contributed by atoms with Gasteiger partial charge in [0.1, 0.15) is 0 Å². The van der Waals surface area contributed by atoms with E-state index in [9.17, 15) is 0 Å². The number of hydrogen-bond donors (Lipinski definition) is 2. The summed E-state index contributed by atoms with van der Waals surface area (Å²) < 4.78 is 10.4. The molecule has 0 saturated carbocycles. The molecule has 3 saturated heterocycles. The molecule has 3 aliphatic rings. The summed E-state index contributed by atoms with van der Waals surface area (Å²) in [5.74, 6) is 0.884. The molecule has 1 unspecified atom stereocenters. The van der Waals surface area contributed by atoms with Crippen molar-refractivity contribution in [3.63, 3.8) is 0 Å². The van der Waals surface area contributed by atoms with Gasteiger partial charge in [-0.3, -0.25) is 14.8 Å². The molecular weight excluding hydrogens is 409 g/mol. The number of piperazine rings is 3. The highest BCUT2D eigenvalue weighted by Crippen LogP contribution is 2.14. The van der Waals surface area contributed by atoms with E-state index in [4.69, 9.17) is 9.47 Å². The molecule has 7 nitrogen and oxygen atoms in total. The number of rotatable bonds is 9. The van der Waals surface area contributed by atoms with Crippen LogP contribution in [-0.2, 0) is 9.47 Å². The van der Waals surface area contributed by atoms with Crippen LogP contribution in [0.2, 0.25) is 0 Å². The Kier molecular flexibility index (Phi) is 11.1. The summed E-state index contributed by atoms with van der Waals surface area (Å²) in [6.45, 7) is 9.94. The van der Waals surface area contributed by atoms with E-state index in [1.54, 1.807) is 7.11 Å². The van der Waals surface area contributed by atoms with Crippen LogP contribution >= 0.6 is 24.0 Å². The third-order valence-electron chi connectivity index (χ3n) is 4.31. The highest BCUT2D eigenvalue weighted by Gasteiger charge is 2.31. The summed E-state index contributed by atoms with van der Waals surface area (Å²) in [5, 5.41) is 6.78. The van der Waals surface area contributed by atoms with Gasteiger partial charge in [0.05, 0.1) is 13.2 Å². The molecule has 0 spiro atoms. The third kappa shape index (κ3) is 7.51. The van der Waals surface area contributed by atoms with Gasteiger partial charge < -0.3 is 20.1 Å². The van der Waals surface area contributed by atoms with Crippen LogP contribution in [0.4, 0.5) is 0 Å². The van der Waals surface area contributed by atoms with Gasteiger partial charge >= 0.3 is 0 Å². The first-order valence-electron chi connectivity index (χ1n) is 8.31. The first-order valence-corrected chi connectivity index (χ1v) is 8.31. The topological polar surface area (TPSA) is 61.4 Å². The second-order valence-electron chi connectivity index (χ2n) is 5.83. The van der Waals surface area contributed by atoms with E-state index in [2.05, 4.69) is 25.4 Å². The molecule has 0 aromatic heterocycles. The summed E-state index contributed by atoms with van der Waals surface area (Å²) >= 11 is 0. The summed E-state index contributed by atoms with van der Waals surface area (Å²) in [6, 6.07) is 0.610. The van der Waals surface area contributed by atoms with Gasteiger partial charge in [-0.15, -0.1) is 24.0 Å². The molecule has 0 aromatic rings. The minimum atomic E-state index is 0. The van der Waals surface area contributed by atoms with Crippen molar-refractivity contribution in [2.45, 2.75) is 12.5 Å². The zero-order chi connectivity index (χ0) is 15.6. The van der Waals surface area contributed by atoms with Crippen LogP contribution in [0.15, 0.2) is 4.99 Å². The summed E-state index contributed by atoms with van der Waals surface area (Å²) in [7, 11) is 3.51. The smallest absolute Gasteiger partial charge is 0.191 e. The van der Waals surface area contributed by atoms with Crippen LogP contribution < -0.4 is 10.6 Å². The standard InChI is InChI=1S/C15H31N5O2.HI/c1-16-15(17-4-3-9-22-11-10-21-2)18-12-14-13-19-5-7-20(14)8-6-19;/h14H,3-13H2,1-2H3,(H2,16,17,18);1H. The van der Waals surface area contributed by atoms with Crippen LogP contribution in [0, 0.1) is 0 Å². The van der Waals surface area contributed by atoms with Crippen molar-refractivity contribution in [2.24, 2.45) is 4.99 Å². The average Bonchev–Trinajstić information content (AvgIpc) is 2.58. The predicted octanol–water partition coefficient (Wildman–Crippen LogP) is -0.178. The van der Waals surface area contributed by atoms with E-state index >= 15 is 0 Å². The molecule has 3 heterocycles. The highest BCUT2D eigenvalue weighted by atomic mass is 127. The molecule has 0 radical (unpaired) electrons. The lowest BCUT2D eigenvalue weighted by Gasteiger charge is -2.47. The third-order valence-corrected chi connectivity index (χ3v) is 4.31. The van der Waals surface area contributed by atoms with Gasteiger partial charge in [0.2, 0.25) is 0 Å². The molecular formula is C15H32IN5O2. The van der Waals surface area contributed by atoms with E-state index in [1.165, 1.54) is 32.7 Å². The van der Waals surface area contributed by atoms with Crippen LogP contribution in [-0.4, -0.2) is 102 Å². The normalized spacial score (nSPS) is 26.7. The number of nitrogens with zero attached hydrogens (tertiary/aromatic N) is 3. The van der Waals surface area contributed by atoms with Crippen LogP contribution in [0.3, 0.4) is 0 Å². The molecule has 1 atom stereocenters. The lowest BCUT2D eigenvalue weighted by atomic mass is 10.1. The minimum absolute atomic E-state index is 0. The summed E-state index contributed by atoms with van der Waals surface area (Å²) in [6.07, 6.45) is 0.966. The molecule has 2 N–H and O–H groups in total. The Balaban J connectivity index is 0.00000264. The molecule has 0 aromatic carbocycles. The van der Waals surface area contributed by atoms with Crippen LogP contribution in [0.5, 0.6) is 0 Å². The van der Waals surface area contributed by atoms with Crippen LogP contribution in [0.25, 0.3) is 0 Å². The fourth-order valence-corrected chi connectivity index (χ4v) is 2.98. The number of nitrogens with one attached hydrogen (secondary N) is 2. The number of hydrogen-bond acceptors (Lipinski definition) is 5. The number of aliphatic imine (C=N–C) groups is 1. The Morgan fingerprint density at radius 2 is 1.91 bits per heavy atom. The average molecular weight is 441 g/mol. The van der Waals surface area contributed by atoms with E-state index in [-0.39, 0.29) is 24.0 Å². The fourth-order valence-electron chi connectivity index (χ4n) is 2.98. The maximum absolute atomic E-state index is 5.44. The summed E-state index contributed by atoms with van der Waals surface area (Å²) in [4.78, 5) is 9.43. The molecule has 3 rings (SSSR count). The van der Waals surface area contributed by atoms with Crippen molar-refractivity contribution in [3.8, 4) is 0 Å². The SMILES string of the molecule is CN=C(NCCCOCCOC)NCC1CN2CCN1CC2.I. The van der Waals surface area contributed by atoms with Gasteiger partial charge in [0.25, 0.3) is 0 Å². The fraction of sp³-hybridized carbons (Fsp3) is 0.933. The Hall–Kier alpha value is -0.160. The van der Waals surface area contributed by atoms with E-state index in [0.29, 0.717) is 19.3 Å². The van der Waals surface area contributed by atoms with Crippen molar-refractivity contribution in [1.82, 2.24) is 20.4 Å². The van der Waals surface area contributed by atoms with Gasteiger partial charge in [-0.05, 0) is 6.42 Å². The van der Waals surface area contributed by atoms with Gasteiger partial charge in [-0.1, -0.05) is 0 Å². The van der Waals surface area contributed by atoms with E-state index in [0.717, 1.165) is 32.1 Å². The number of ether oxygens (including phenoxy) is 2. The van der Waals surface area contributed by atoms with Crippen molar-refractivity contribution in [1.29, 1.82) is 0 Å². The Morgan fingerprint density at radius 3 is 2.52 bits per heavy atom. The monoisotopic (exact) mass is 441 g/mol. The van der Waals surface area contributed by atoms with Crippen LogP contribution in [0.1, 0.15) is 6.42 Å². The molecule has 23 heavy (non-hydrogen) atoms. The molecule has 8 heteroatoms. The molecule has 2 bridgehead atoms. The Morgan fingerprint density at radius 1 is 1.13 bits per heavy atom. The lowest BCUT2D eigenvalue weighted by Crippen LogP contribution is -2.63. The second kappa shape index (κ2) is 12.2. The van der Waals surface area contributed by atoms with Gasteiger partial charge in [0, 0.05) is 72.6 Å². The zero-order valence-electron chi connectivity index (χ0n) is 14.4. The number of guanidine groups is 1. The quantitative estimate of drug-likeness (QED) is 0.224. The first kappa shape index (κ1) is 20.9.